The normalized spacial score (nSPS) is 18.3. The van der Waals surface area contributed by atoms with Gasteiger partial charge in [0.2, 0.25) is 5.90 Å². The molecule has 1 aromatic carbocycles. The molecule has 2 rings (SSSR count). The van der Waals surface area contributed by atoms with Crippen LogP contribution >= 0.6 is 0 Å². The van der Waals surface area contributed by atoms with Crippen molar-refractivity contribution in [2.75, 3.05) is 11.9 Å². The van der Waals surface area contributed by atoms with E-state index in [1.165, 1.54) is 16.8 Å². The number of ether oxygens (including phenoxy) is 1. The van der Waals surface area contributed by atoms with Gasteiger partial charge in [0.05, 0.1) is 6.04 Å². The van der Waals surface area contributed by atoms with Crippen molar-refractivity contribution in [1.29, 1.82) is 0 Å². The molecule has 3 nitrogen and oxygen atoms in total. The largest absolute Gasteiger partial charge is 0.476 e. The van der Waals surface area contributed by atoms with Crippen molar-refractivity contribution in [2.45, 2.75) is 80.2 Å². The number of nitrogens with one attached hydrogen (secondary N) is 1. The van der Waals surface area contributed by atoms with Crippen LogP contribution in [0, 0.1) is 11.3 Å². The van der Waals surface area contributed by atoms with Crippen LogP contribution < -0.4 is 5.32 Å². The second-order valence-electron chi connectivity index (χ2n) is 9.66. The molecule has 150 valence electrons. The van der Waals surface area contributed by atoms with Crippen molar-refractivity contribution in [1.82, 2.24) is 0 Å². The summed E-state index contributed by atoms with van der Waals surface area (Å²) in [5.74, 6) is 2.03. The number of para-hydroxylation sites is 1. The van der Waals surface area contributed by atoms with Gasteiger partial charge in [-0.05, 0) is 34.3 Å². The summed E-state index contributed by atoms with van der Waals surface area (Å²) >= 11 is 0. The Morgan fingerprint density at radius 2 is 1.63 bits per heavy atom. The van der Waals surface area contributed by atoms with Crippen LogP contribution in [-0.2, 0) is 4.74 Å². The zero-order valence-corrected chi connectivity index (χ0v) is 18.7. The monoisotopic (exact) mass is 370 g/mol. The molecule has 1 N–H and O–H groups in total. The van der Waals surface area contributed by atoms with E-state index >= 15 is 0 Å². The molecule has 1 aliphatic rings. The number of hydrogen-bond donors (Lipinski definition) is 1. The summed E-state index contributed by atoms with van der Waals surface area (Å²) in [6.45, 7) is 20.7. The molecule has 0 saturated heterocycles. The maximum absolute atomic E-state index is 5.90. The fourth-order valence-corrected chi connectivity index (χ4v) is 3.23. The molecule has 0 radical (unpaired) electrons. The molecule has 3 heteroatoms. The van der Waals surface area contributed by atoms with Gasteiger partial charge in [-0.1, -0.05) is 80.5 Å². The van der Waals surface area contributed by atoms with Crippen molar-refractivity contribution >= 4 is 11.6 Å². The van der Waals surface area contributed by atoms with E-state index in [1.807, 2.05) is 0 Å². The van der Waals surface area contributed by atoms with Crippen LogP contribution in [-0.4, -0.2) is 18.5 Å². The van der Waals surface area contributed by atoms with Crippen molar-refractivity contribution in [3.8, 4) is 0 Å². The minimum Gasteiger partial charge on any atom is -0.476 e. The summed E-state index contributed by atoms with van der Waals surface area (Å²) in [6.07, 6.45) is 2.09. The van der Waals surface area contributed by atoms with Crippen molar-refractivity contribution in [3.63, 3.8) is 0 Å². The molecule has 1 atom stereocenters. The van der Waals surface area contributed by atoms with E-state index in [-0.39, 0.29) is 11.5 Å². The number of anilines is 1. The third kappa shape index (κ3) is 5.37. The number of allylic oxidation sites excluding steroid dienone is 1. The highest BCUT2D eigenvalue weighted by Crippen LogP contribution is 2.34. The van der Waals surface area contributed by atoms with Gasteiger partial charge in [-0.2, -0.15) is 0 Å². The van der Waals surface area contributed by atoms with Gasteiger partial charge in [0.15, 0.2) is 0 Å². The smallest absolute Gasteiger partial charge is 0.210 e. The lowest BCUT2D eigenvalue weighted by atomic mass is 9.88. The van der Waals surface area contributed by atoms with Crippen LogP contribution in [0.3, 0.4) is 0 Å². The van der Waals surface area contributed by atoms with Crippen LogP contribution in [0.4, 0.5) is 5.69 Å². The summed E-state index contributed by atoms with van der Waals surface area (Å²) in [4.78, 5) is 4.82. The van der Waals surface area contributed by atoms with E-state index in [9.17, 15) is 0 Å². The molecular weight excluding hydrogens is 332 g/mol. The topological polar surface area (TPSA) is 33.6 Å². The van der Waals surface area contributed by atoms with Gasteiger partial charge in [-0.3, -0.25) is 0 Å². The molecule has 0 unspecified atom stereocenters. The predicted octanol–water partition coefficient (Wildman–Crippen LogP) is 6.73. The SMILES string of the molecule is CC(C)C(=CC1=N[C@@H](C(C)(C)C)CO1)Nc1c(C(C)C)cccc1C(C)C. The summed E-state index contributed by atoms with van der Waals surface area (Å²) in [5.41, 5.74) is 5.23. The number of hydrogen-bond acceptors (Lipinski definition) is 3. The Morgan fingerprint density at radius 1 is 1.07 bits per heavy atom. The van der Waals surface area contributed by atoms with Crippen molar-refractivity contribution < 1.29 is 4.74 Å². The van der Waals surface area contributed by atoms with Gasteiger partial charge >= 0.3 is 0 Å². The average molecular weight is 371 g/mol. The molecule has 1 aromatic rings. The standard InChI is InChI=1S/C24H38N2O/c1-15(2)18-11-10-12-19(16(3)4)23(18)25-20(17(5)6)13-22-26-21(14-27-22)24(7,8)9/h10-13,15-17,21,25H,14H2,1-9H3/t21-/m1/s1. The van der Waals surface area contributed by atoms with Crippen LogP contribution in [0.15, 0.2) is 35.0 Å². The fourth-order valence-electron chi connectivity index (χ4n) is 3.23. The highest BCUT2D eigenvalue weighted by molar-refractivity contribution is 5.90. The first-order valence-electron chi connectivity index (χ1n) is 10.3. The summed E-state index contributed by atoms with van der Waals surface area (Å²) < 4.78 is 5.90. The second kappa shape index (κ2) is 8.50. The number of aliphatic imine (C=N–C) groups is 1. The summed E-state index contributed by atoms with van der Waals surface area (Å²) in [7, 11) is 0. The highest BCUT2D eigenvalue weighted by atomic mass is 16.5. The predicted molar refractivity (Wildman–Crippen MR) is 118 cm³/mol. The number of nitrogens with zero attached hydrogens (tertiary/aromatic N) is 1. The van der Waals surface area contributed by atoms with Gasteiger partial charge in [-0.25, -0.2) is 4.99 Å². The first-order valence-corrected chi connectivity index (χ1v) is 10.3. The Kier molecular flexibility index (Phi) is 6.77. The van der Waals surface area contributed by atoms with Crippen LogP contribution in [0.5, 0.6) is 0 Å². The number of rotatable bonds is 6. The van der Waals surface area contributed by atoms with E-state index in [0.29, 0.717) is 24.4 Å². The summed E-state index contributed by atoms with van der Waals surface area (Å²) in [6, 6.07) is 6.85. The van der Waals surface area contributed by atoms with Crippen molar-refractivity contribution in [3.05, 3.63) is 41.1 Å². The summed E-state index contributed by atoms with van der Waals surface area (Å²) in [5, 5.41) is 3.76. The van der Waals surface area contributed by atoms with Crippen LogP contribution in [0.25, 0.3) is 0 Å². The van der Waals surface area contributed by atoms with E-state index in [1.54, 1.807) is 0 Å². The molecule has 0 bridgehead atoms. The molecule has 0 spiro atoms. The van der Waals surface area contributed by atoms with Crippen LogP contribution in [0.2, 0.25) is 0 Å². The quantitative estimate of drug-likeness (QED) is 0.602. The zero-order valence-electron chi connectivity index (χ0n) is 18.7. The molecule has 1 heterocycles. The van der Waals surface area contributed by atoms with Gasteiger partial charge in [-0.15, -0.1) is 0 Å². The Balaban J connectivity index is 2.41. The van der Waals surface area contributed by atoms with Gasteiger partial charge in [0, 0.05) is 17.5 Å². The van der Waals surface area contributed by atoms with Gasteiger partial charge in [0.25, 0.3) is 0 Å². The highest BCUT2D eigenvalue weighted by Gasteiger charge is 2.29. The minimum absolute atomic E-state index is 0.121. The van der Waals surface area contributed by atoms with Gasteiger partial charge < -0.3 is 10.1 Å². The average Bonchev–Trinajstić information content (AvgIpc) is 3.02. The van der Waals surface area contributed by atoms with E-state index < -0.39 is 0 Å². The molecule has 1 aliphatic heterocycles. The second-order valence-corrected chi connectivity index (χ2v) is 9.66. The van der Waals surface area contributed by atoms with E-state index in [4.69, 9.17) is 9.73 Å². The Hall–Kier alpha value is -1.77. The molecule has 27 heavy (non-hydrogen) atoms. The van der Waals surface area contributed by atoms with Crippen LogP contribution in [0.1, 0.15) is 85.3 Å². The number of benzene rings is 1. The lowest BCUT2D eigenvalue weighted by Gasteiger charge is -2.23. The fraction of sp³-hybridized carbons (Fsp3) is 0.625. The Labute approximate surface area is 166 Å². The lowest BCUT2D eigenvalue weighted by molar-refractivity contribution is 0.236. The van der Waals surface area contributed by atoms with Crippen molar-refractivity contribution in [2.24, 2.45) is 16.3 Å². The maximum Gasteiger partial charge on any atom is 0.210 e. The minimum atomic E-state index is 0.121. The zero-order chi connectivity index (χ0) is 20.4. The molecular formula is C24H38N2O. The molecule has 0 fully saturated rings. The molecule has 0 amide bonds. The Morgan fingerprint density at radius 3 is 2.04 bits per heavy atom. The molecule has 0 saturated carbocycles. The third-order valence-electron chi connectivity index (χ3n) is 5.22. The first kappa shape index (κ1) is 21.5. The van der Waals surface area contributed by atoms with E-state index in [2.05, 4.69) is 91.9 Å². The van der Waals surface area contributed by atoms with Gasteiger partial charge in [0.1, 0.15) is 6.61 Å². The maximum atomic E-state index is 5.90. The lowest BCUT2D eigenvalue weighted by Crippen LogP contribution is -2.25. The molecule has 0 aromatic heterocycles. The first-order chi connectivity index (χ1) is 12.5. The molecule has 0 aliphatic carbocycles. The third-order valence-corrected chi connectivity index (χ3v) is 5.22. The Bertz CT molecular complexity index is 679. The van der Waals surface area contributed by atoms with E-state index in [0.717, 1.165) is 11.6 Å².